The number of carbonyl (C=O) groups excluding carboxylic acids is 1. The zero-order valence-corrected chi connectivity index (χ0v) is 10.4. The molecule has 1 saturated carbocycles. The van der Waals surface area contributed by atoms with Gasteiger partial charge >= 0.3 is 0 Å². The van der Waals surface area contributed by atoms with Crippen molar-refractivity contribution >= 4 is 5.91 Å². The summed E-state index contributed by atoms with van der Waals surface area (Å²) >= 11 is 0. The van der Waals surface area contributed by atoms with E-state index >= 15 is 0 Å². The van der Waals surface area contributed by atoms with Crippen LogP contribution in [0, 0.1) is 18.7 Å². The lowest BCUT2D eigenvalue weighted by atomic mass is 10.1. The standard InChI is InChI=1S/C14H17FN2O/c1-8-3-2-4-11(15)10(8)7-16-14(18)13-6-9-5-12(9)17-13/h2-4,9,12-13,17H,5-7H2,1H3,(H,16,18)/t9-,12-,13+/m1/s1. The van der Waals surface area contributed by atoms with Crippen LogP contribution >= 0.6 is 0 Å². The molecule has 1 aromatic carbocycles. The number of nitrogens with one attached hydrogen (secondary N) is 2. The van der Waals surface area contributed by atoms with Crippen LogP contribution in [0.1, 0.15) is 24.0 Å². The molecule has 3 rings (SSSR count). The van der Waals surface area contributed by atoms with Gasteiger partial charge in [-0.25, -0.2) is 4.39 Å². The van der Waals surface area contributed by atoms with E-state index < -0.39 is 0 Å². The predicted octanol–water partition coefficient (Wildman–Crippen LogP) is 1.50. The number of fused-ring (bicyclic) bond motifs is 1. The Kier molecular flexibility index (Phi) is 2.82. The van der Waals surface area contributed by atoms with Gasteiger partial charge in [0.05, 0.1) is 6.04 Å². The third kappa shape index (κ3) is 2.12. The van der Waals surface area contributed by atoms with Gasteiger partial charge in [0.1, 0.15) is 5.82 Å². The molecule has 18 heavy (non-hydrogen) atoms. The molecule has 1 saturated heterocycles. The highest BCUT2D eigenvalue weighted by atomic mass is 19.1. The second-order valence-corrected chi connectivity index (χ2v) is 5.31. The highest BCUT2D eigenvalue weighted by molar-refractivity contribution is 5.82. The fraction of sp³-hybridized carbons (Fsp3) is 0.500. The monoisotopic (exact) mass is 248 g/mol. The predicted molar refractivity (Wildman–Crippen MR) is 66.4 cm³/mol. The van der Waals surface area contributed by atoms with Crippen molar-refractivity contribution in [1.29, 1.82) is 0 Å². The van der Waals surface area contributed by atoms with E-state index in [-0.39, 0.29) is 24.3 Å². The van der Waals surface area contributed by atoms with E-state index in [0.29, 0.717) is 17.5 Å². The molecule has 1 heterocycles. The highest BCUT2D eigenvalue weighted by Gasteiger charge is 2.47. The number of piperidine rings is 1. The van der Waals surface area contributed by atoms with Crippen molar-refractivity contribution in [2.45, 2.75) is 38.4 Å². The summed E-state index contributed by atoms with van der Waals surface area (Å²) in [4.78, 5) is 11.9. The minimum Gasteiger partial charge on any atom is -0.351 e. The van der Waals surface area contributed by atoms with Crippen molar-refractivity contribution in [2.24, 2.45) is 5.92 Å². The Bertz CT molecular complexity index is 458. The van der Waals surface area contributed by atoms with Crippen LogP contribution in [0.2, 0.25) is 0 Å². The molecule has 3 nitrogen and oxygen atoms in total. The van der Waals surface area contributed by atoms with Gasteiger partial charge < -0.3 is 10.6 Å². The lowest BCUT2D eigenvalue weighted by Crippen LogP contribution is -2.42. The number of benzene rings is 1. The summed E-state index contributed by atoms with van der Waals surface area (Å²) < 4.78 is 13.6. The molecule has 4 heteroatoms. The molecule has 1 amide bonds. The van der Waals surface area contributed by atoms with Crippen LogP contribution in [0.5, 0.6) is 0 Å². The molecule has 2 aliphatic rings. The van der Waals surface area contributed by atoms with Crippen LogP contribution in [0.4, 0.5) is 4.39 Å². The third-order valence-electron chi connectivity index (χ3n) is 3.99. The van der Waals surface area contributed by atoms with Gasteiger partial charge in [0, 0.05) is 18.2 Å². The second-order valence-electron chi connectivity index (χ2n) is 5.31. The maximum absolute atomic E-state index is 13.6. The van der Waals surface area contributed by atoms with Gasteiger partial charge in [-0.15, -0.1) is 0 Å². The first-order valence-electron chi connectivity index (χ1n) is 6.43. The van der Waals surface area contributed by atoms with Crippen molar-refractivity contribution < 1.29 is 9.18 Å². The van der Waals surface area contributed by atoms with Crippen LogP contribution in [0.3, 0.4) is 0 Å². The van der Waals surface area contributed by atoms with E-state index in [9.17, 15) is 9.18 Å². The van der Waals surface area contributed by atoms with E-state index in [1.54, 1.807) is 6.07 Å². The van der Waals surface area contributed by atoms with Crippen LogP contribution in [-0.2, 0) is 11.3 Å². The van der Waals surface area contributed by atoms with Crippen molar-refractivity contribution in [1.82, 2.24) is 10.6 Å². The van der Waals surface area contributed by atoms with Gasteiger partial charge in [0.2, 0.25) is 5.91 Å². The number of halogens is 1. The smallest absolute Gasteiger partial charge is 0.237 e. The lowest BCUT2D eigenvalue weighted by Gasteiger charge is -2.14. The van der Waals surface area contributed by atoms with Gasteiger partial charge in [-0.2, -0.15) is 0 Å². The van der Waals surface area contributed by atoms with Gasteiger partial charge in [-0.05, 0) is 37.3 Å². The Morgan fingerprint density at radius 3 is 3.00 bits per heavy atom. The average molecular weight is 248 g/mol. The van der Waals surface area contributed by atoms with Gasteiger partial charge in [-0.3, -0.25) is 4.79 Å². The van der Waals surface area contributed by atoms with Gasteiger partial charge in [0.15, 0.2) is 0 Å². The molecule has 0 spiro atoms. The van der Waals surface area contributed by atoms with E-state index in [4.69, 9.17) is 0 Å². The Morgan fingerprint density at radius 2 is 2.33 bits per heavy atom. The fourth-order valence-electron chi connectivity index (χ4n) is 2.71. The van der Waals surface area contributed by atoms with Crippen molar-refractivity contribution in [3.8, 4) is 0 Å². The number of carbonyl (C=O) groups is 1. The highest BCUT2D eigenvalue weighted by Crippen LogP contribution is 2.40. The largest absolute Gasteiger partial charge is 0.351 e. The lowest BCUT2D eigenvalue weighted by molar-refractivity contribution is -0.123. The van der Waals surface area contributed by atoms with E-state index in [1.165, 1.54) is 12.5 Å². The molecule has 96 valence electrons. The van der Waals surface area contributed by atoms with Crippen LogP contribution in [-0.4, -0.2) is 18.0 Å². The quantitative estimate of drug-likeness (QED) is 0.851. The number of rotatable bonds is 3. The van der Waals surface area contributed by atoms with Crippen molar-refractivity contribution in [3.05, 3.63) is 35.1 Å². The minimum absolute atomic E-state index is 0.00940. The maximum atomic E-state index is 13.6. The zero-order valence-electron chi connectivity index (χ0n) is 10.4. The summed E-state index contributed by atoms with van der Waals surface area (Å²) in [7, 11) is 0. The fourth-order valence-corrected chi connectivity index (χ4v) is 2.71. The molecular weight excluding hydrogens is 231 g/mol. The summed E-state index contributed by atoms with van der Waals surface area (Å²) in [5.74, 6) is 0.429. The molecule has 0 unspecified atom stereocenters. The normalized spacial score (nSPS) is 28.9. The number of hydrogen-bond acceptors (Lipinski definition) is 2. The molecule has 1 aliphatic heterocycles. The summed E-state index contributed by atoms with van der Waals surface area (Å²) in [6.45, 7) is 2.12. The number of hydrogen-bond donors (Lipinski definition) is 2. The Balaban J connectivity index is 1.59. The zero-order chi connectivity index (χ0) is 12.7. The molecule has 2 fully saturated rings. The SMILES string of the molecule is Cc1cccc(F)c1CNC(=O)[C@@H]1C[C@H]2C[C@H]2N1. The molecule has 0 aromatic heterocycles. The molecule has 0 bridgehead atoms. The average Bonchev–Trinajstić information content (AvgIpc) is 2.95. The van der Waals surface area contributed by atoms with Crippen LogP contribution < -0.4 is 10.6 Å². The second kappa shape index (κ2) is 4.35. The van der Waals surface area contributed by atoms with Gasteiger partial charge in [-0.1, -0.05) is 12.1 Å². The first-order valence-corrected chi connectivity index (χ1v) is 6.43. The first-order chi connectivity index (χ1) is 8.65. The first kappa shape index (κ1) is 11.7. The van der Waals surface area contributed by atoms with E-state index in [2.05, 4.69) is 10.6 Å². The Hall–Kier alpha value is -1.42. The van der Waals surface area contributed by atoms with Crippen molar-refractivity contribution in [2.75, 3.05) is 0 Å². The molecule has 1 aromatic rings. The molecular formula is C14H17FN2O. The number of amides is 1. The molecule has 2 N–H and O–H groups in total. The molecule has 0 radical (unpaired) electrons. The Labute approximate surface area is 106 Å². The summed E-state index contributed by atoms with van der Waals surface area (Å²) in [5.41, 5.74) is 1.45. The van der Waals surface area contributed by atoms with E-state index in [0.717, 1.165) is 12.0 Å². The molecule has 3 atom stereocenters. The van der Waals surface area contributed by atoms with E-state index in [1.807, 2.05) is 13.0 Å². The van der Waals surface area contributed by atoms with Crippen LogP contribution in [0.25, 0.3) is 0 Å². The van der Waals surface area contributed by atoms with Gasteiger partial charge in [0.25, 0.3) is 0 Å². The maximum Gasteiger partial charge on any atom is 0.237 e. The minimum atomic E-state index is -0.252. The summed E-state index contributed by atoms with van der Waals surface area (Å²) in [6, 6.07) is 5.43. The number of aryl methyl sites for hydroxylation is 1. The summed E-state index contributed by atoms with van der Waals surface area (Å²) in [5, 5.41) is 6.11. The molecule has 1 aliphatic carbocycles. The summed E-state index contributed by atoms with van der Waals surface area (Å²) in [6.07, 6.45) is 2.13. The van der Waals surface area contributed by atoms with Crippen molar-refractivity contribution in [3.63, 3.8) is 0 Å². The van der Waals surface area contributed by atoms with Crippen LogP contribution in [0.15, 0.2) is 18.2 Å². The third-order valence-corrected chi connectivity index (χ3v) is 3.99. The Morgan fingerprint density at radius 1 is 1.50 bits per heavy atom. The topological polar surface area (TPSA) is 41.1 Å².